The summed E-state index contributed by atoms with van der Waals surface area (Å²) in [7, 11) is 0. The van der Waals surface area contributed by atoms with Crippen LogP contribution in [0.5, 0.6) is 11.6 Å². The van der Waals surface area contributed by atoms with Gasteiger partial charge in [0, 0.05) is 12.4 Å². The van der Waals surface area contributed by atoms with E-state index in [1.54, 1.807) is 6.20 Å². The number of rotatable bonds is 3. The molecule has 0 saturated heterocycles. The van der Waals surface area contributed by atoms with Crippen LogP contribution in [0.2, 0.25) is 5.15 Å². The minimum atomic E-state index is 0.272. The lowest BCUT2D eigenvalue weighted by atomic mass is 10.0. The van der Waals surface area contributed by atoms with Crippen molar-refractivity contribution in [3.05, 3.63) is 46.9 Å². The molecular weight excluding hydrogens is 248 g/mol. The van der Waals surface area contributed by atoms with E-state index in [-0.39, 0.29) is 5.15 Å². The topological polar surface area (TPSA) is 35.0 Å². The van der Waals surface area contributed by atoms with Crippen LogP contribution in [0.4, 0.5) is 0 Å². The molecule has 0 fully saturated rings. The summed E-state index contributed by atoms with van der Waals surface area (Å²) in [4.78, 5) is 8.04. The molecule has 0 aliphatic carbocycles. The van der Waals surface area contributed by atoms with Crippen molar-refractivity contribution in [2.24, 2.45) is 0 Å². The van der Waals surface area contributed by atoms with Crippen LogP contribution in [0.1, 0.15) is 30.9 Å². The molecule has 1 heterocycles. The van der Waals surface area contributed by atoms with E-state index in [0.717, 1.165) is 16.9 Å². The molecule has 1 aromatic carbocycles. The molecule has 0 atom stereocenters. The van der Waals surface area contributed by atoms with E-state index in [0.29, 0.717) is 11.8 Å². The van der Waals surface area contributed by atoms with Gasteiger partial charge in [0.05, 0.1) is 0 Å². The predicted octanol–water partition coefficient (Wildman–Crippen LogP) is 4.35. The Kier molecular flexibility index (Phi) is 3.82. The summed E-state index contributed by atoms with van der Waals surface area (Å²) < 4.78 is 5.78. The van der Waals surface area contributed by atoms with Gasteiger partial charge in [-0.15, -0.1) is 0 Å². The van der Waals surface area contributed by atoms with Crippen LogP contribution in [-0.2, 0) is 0 Å². The number of benzene rings is 1. The van der Waals surface area contributed by atoms with Crippen molar-refractivity contribution in [1.82, 2.24) is 9.97 Å². The predicted molar refractivity (Wildman–Crippen MR) is 72.4 cm³/mol. The van der Waals surface area contributed by atoms with Crippen molar-refractivity contribution >= 4 is 11.6 Å². The third kappa shape index (κ3) is 2.79. The molecule has 1 aromatic heterocycles. The summed E-state index contributed by atoms with van der Waals surface area (Å²) in [6.07, 6.45) is 3.10. The first kappa shape index (κ1) is 12.8. The summed E-state index contributed by atoms with van der Waals surface area (Å²) in [5.41, 5.74) is 2.26. The highest BCUT2D eigenvalue weighted by Crippen LogP contribution is 2.32. The molecule has 0 bridgehead atoms. The standard InChI is InChI=1S/C14H15ClN2O/c1-9(2)11-5-4-10(3)8-12(11)18-14-13(15)16-6-7-17-14/h4-9H,1-3H3. The Morgan fingerprint density at radius 1 is 1.17 bits per heavy atom. The maximum Gasteiger partial charge on any atom is 0.257 e. The third-order valence-corrected chi connectivity index (χ3v) is 2.88. The first-order valence-corrected chi connectivity index (χ1v) is 6.20. The zero-order valence-corrected chi connectivity index (χ0v) is 11.4. The average Bonchev–Trinajstić information content (AvgIpc) is 2.32. The molecule has 0 aliphatic rings. The highest BCUT2D eigenvalue weighted by atomic mass is 35.5. The van der Waals surface area contributed by atoms with E-state index in [9.17, 15) is 0 Å². The molecule has 0 N–H and O–H groups in total. The molecule has 2 aromatic rings. The average molecular weight is 263 g/mol. The fourth-order valence-corrected chi connectivity index (χ4v) is 1.83. The molecule has 4 heteroatoms. The van der Waals surface area contributed by atoms with Crippen molar-refractivity contribution in [2.45, 2.75) is 26.7 Å². The van der Waals surface area contributed by atoms with Crippen molar-refractivity contribution in [3.8, 4) is 11.6 Å². The fraction of sp³-hybridized carbons (Fsp3) is 0.286. The minimum absolute atomic E-state index is 0.272. The van der Waals surface area contributed by atoms with E-state index in [2.05, 4.69) is 35.9 Å². The zero-order chi connectivity index (χ0) is 13.1. The van der Waals surface area contributed by atoms with E-state index in [4.69, 9.17) is 16.3 Å². The number of hydrogen-bond acceptors (Lipinski definition) is 3. The molecule has 3 nitrogen and oxygen atoms in total. The molecular formula is C14H15ClN2O. The summed E-state index contributed by atoms with van der Waals surface area (Å²) in [5, 5.41) is 0.272. The van der Waals surface area contributed by atoms with Crippen LogP contribution in [0.15, 0.2) is 30.6 Å². The lowest BCUT2D eigenvalue weighted by Gasteiger charge is -2.14. The van der Waals surface area contributed by atoms with Crippen molar-refractivity contribution in [1.29, 1.82) is 0 Å². The zero-order valence-electron chi connectivity index (χ0n) is 10.6. The van der Waals surface area contributed by atoms with E-state index >= 15 is 0 Å². The van der Waals surface area contributed by atoms with Crippen molar-refractivity contribution < 1.29 is 4.74 Å². The van der Waals surface area contributed by atoms with Crippen molar-refractivity contribution in [2.75, 3.05) is 0 Å². The van der Waals surface area contributed by atoms with Crippen molar-refractivity contribution in [3.63, 3.8) is 0 Å². The molecule has 0 aliphatic heterocycles. The number of aryl methyl sites for hydroxylation is 1. The summed E-state index contributed by atoms with van der Waals surface area (Å²) >= 11 is 5.95. The fourth-order valence-electron chi connectivity index (χ4n) is 1.69. The Bertz CT molecular complexity index is 555. The molecule has 0 spiro atoms. The van der Waals surface area contributed by atoms with Gasteiger partial charge in [-0.2, -0.15) is 0 Å². The Hall–Kier alpha value is -1.61. The molecule has 2 rings (SSSR count). The van der Waals surface area contributed by atoms with Gasteiger partial charge < -0.3 is 4.74 Å². The van der Waals surface area contributed by atoms with Gasteiger partial charge in [0.25, 0.3) is 5.88 Å². The quantitative estimate of drug-likeness (QED) is 0.825. The lowest BCUT2D eigenvalue weighted by Crippen LogP contribution is -1.97. The van der Waals surface area contributed by atoms with Gasteiger partial charge in [-0.3, -0.25) is 0 Å². The monoisotopic (exact) mass is 262 g/mol. The van der Waals surface area contributed by atoms with Crippen LogP contribution >= 0.6 is 11.6 Å². The number of halogens is 1. The van der Waals surface area contributed by atoms with Crippen LogP contribution in [0.25, 0.3) is 0 Å². The van der Waals surface area contributed by atoms with Gasteiger partial charge >= 0.3 is 0 Å². The second-order valence-electron chi connectivity index (χ2n) is 4.45. The highest BCUT2D eigenvalue weighted by molar-refractivity contribution is 6.30. The summed E-state index contributed by atoms with van der Waals surface area (Å²) in [5.74, 6) is 1.50. The molecule has 0 unspecified atom stereocenters. The second-order valence-corrected chi connectivity index (χ2v) is 4.81. The Morgan fingerprint density at radius 2 is 1.89 bits per heavy atom. The summed E-state index contributed by atoms with van der Waals surface area (Å²) in [6.45, 7) is 6.26. The van der Waals surface area contributed by atoms with Crippen LogP contribution in [0, 0.1) is 6.92 Å². The molecule has 0 radical (unpaired) electrons. The van der Waals surface area contributed by atoms with E-state index < -0.39 is 0 Å². The molecule has 18 heavy (non-hydrogen) atoms. The molecule has 94 valence electrons. The van der Waals surface area contributed by atoms with Crippen LogP contribution < -0.4 is 4.74 Å². The maximum absolute atomic E-state index is 5.95. The second kappa shape index (κ2) is 5.36. The molecule has 0 saturated carbocycles. The Balaban J connectivity index is 2.39. The van der Waals surface area contributed by atoms with Gasteiger partial charge in [-0.25, -0.2) is 9.97 Å². The first-order valence-electron chi connectivity index (χ1n) is 5.83. The van der Waals surface area contributed by atoms with E-state index in [1.807, 2.05) is 13.0 Å². The SMILES string of the molecule is Cc1ccc(C(C)C)c(Oc2nccnc2Cl)c1. The summed E-state index contributed by atoms with van der Waals surface area (Å²) in [6, 6.07) is 6.13. The largest absolute Gasteiger partial charge is 0.436 e. The smallest absolute Gasteiger partial charge is 0.257 e. The third-order valence-electron chi connectivity index (χ3n) is 2.62. The minimum Gasteiger partial charge on any atom is -0.436 e. The normalized spacial score (nSPS) is 10.7. The van der Waals surface area contributed by atoms with Gasteiger partial charge in [0.2, 0.25) is 0 Å². The van der Waals surface area contributed by atoms with Gasteiger partial charge in [0.15, 0.2) is 5.15 Å². The maximum atomic E-state index is 5.95. The van der Waals surface area contributed by atoms with E-state index in [1.165, 1.54) is 6.20 Å². The number of ether oxygens (including phenoxy) is 1. The number of aromatic nitrogens is 2. The van der Waals surface area contributed by atoms with Gasteiger partial charge in [-0.1, -0.05) is 37.6 Å². The van der Waals surface area contributed by atoms with Gasteiger partial charge in [0.1, 0.15) is 5.75 Å². The van der Waals surface area contributed by atoms with Crippen LogP contribution in [0.3, 0.4) is 0 Å². The van der Waals surface area contributed by atoms with Gasteiger partial charge in [-0.05, 0) is 30.0 Å². The molecule has 0 amide bonds. The number of hydrogen-bond donors (Lipinski definition) is 0. The highest BCUT2D eigenvalue weighted by Gasteiger charge is 2.11. The lowest BCUT2D eigenvalue weighted by molar-refractivity contribution is 0.451. The Labute approximate surface area is 112 Å². The first-order chi connectivity index (χ1) is 8.58. The Morgan fingerprint density at radius 3 is 2.56 bits per heavy atom. The number of nitrogens with zero attached hydrogens (tertiary/aromatic N) is 2. The van der Waals surface area contributed by atoms with Crippen LogP contribution in [-0.4, -0.2) is 9.97 Å².